The number of fused-ring (bicyclic) bond motifs is 5. The molecule has 0 radical (unpaired) electrons. The summed E-state index contributed by atoms with van der Waals surface area (Å²) in [6.45, 7) is 5.68. The molecule has 8 nitrogen and oxygen atoms in total. The van der Waals surface area contributed by atoms with Crippen molar-refractivity contribution in [1.29, 1.82) is 0 Å². The first-order valence-corrected chi connectivity index (χ1v) is 10.4. The minimum absolute atomic E-state index is 0.136. The molecular formula is C23H25N3O5. The van der Waals surface area contributed by atoms with E-state index >= 15 is 0 Å². The van der Waals surface area contributed by atoms with Crippen molar-refractivity contribution < 1.29 is 23.9 Å². The summed E-state index contributed by atoms with van der Waals surface area (Å²) in [5.41, 5.74) is 6.56. The number of nitrogens with two attached hydrogens (primary N) is 1. The van der Waals surface area contributed by atoms with E-state index in [-0.39, 0.29) is 42.1 Å². The lowest BCUT2D eigenvalue weighted by Crippen LogP contribution is -2.28. The van der Waals surface area contributed by atoms with Crippen LogP contribution in [0.25, 0.3) is 0 Å². The molecule has 1 saturated heterocycles. The maximum absolute atomic E-state index is 12.8. The molecule has 4 unspecified atom stereocenters. The Bertz CT molecular complexity index is 969. The van der Waals surface area contributed by atoms with Crippen LogP contribution in [-0.2, 0) is 20.8 Å². The smallest absolute Gasteiger partial charge is 0.255 e. The third-order valence-electron chi connectivity index (χ3n) is 5.95. The lowest BCUT2D eigenvalue weighted by molar-refractivity contribution is -0.140. The van der Waals surface area contributed by atoms with Crippen molar-refractivity contribution in [3.63, 3.8) is 0 Å². The van der Waals surface area contributed by atoms with Gasteiger partial charge in [0.05, 0.1) is 24.7 Å². The highest BCUT2D eigenvalue weighted by Gasteiger charge is 2.59. The summed E-state index contributed by atoms with van der Waals surface area (Å²) < 4.78 is 11.2. The number of carbonyl (C=O) groups excluding carboxylic acids is 3. The Hall–Kier alpha value is -3.42. The van der Waals surface area contributed by atoms with E-state index in [1.807, 2.05) is 19.1 Å². The van der Waals surface area contributed by atoms with E-state index in [1.165, 1.54) is 6.21 Å². The highest BCUT2D eigenvalue weighted by atomic mass is 16.5. The molecule has 2 N–H and O–H groups in total. The molecule has 3 aliphatic rings. The average Bonchev–Trinajstić information content (AvgIpc) is 3.40. The Morgan fingerprint density at radius 1 is 1.23 bits per heavy atom. The maximum Gasteiger partial charge on any atom is 0.255 e. The summed E-state index contributed by atoms with van der Waals surface area (Å²) in [7, 11) is 0. The number of hydrogen-bond donors (Lipinski definition) is 1. The predicted molar refractivity (Wildman–Crippen MR) is 113 cm³/mol. The number of amides is 3. The van der Waals surface area contributed by atoms with Gasteiger partial charge in [0, 0.05) is 5.56 Å². The molecule has 1 saturated carbocycles. The third kappa shape index (κ3) is 3.73. The van der Waals surface area contributed by atoms with E-state index in [1.54, 1.807) is 18.2 Å². The number of imide groups is 1. The summed E-state index contributed by atoms with van der Waals surface area (Å²) in [5, 5.41) is 5.23. The zero-order chi connectivity index (χ0) is 22.1. The van der Waals surface area contributed by atoms with Crippen molar-refractivity contribution in [3.05, 3.63) is 48.1 Å². The summed E-state index contributed by atoms with van der Waals surface area (Å²) in [4.78, 5) is 36.8. The van der Waals surface area contributed by atoms with Crippen molar-refractivity contribution in [2.24, 2.45) is 34.5 Å². The number of rotatable bonds is 9. The van der Waals surface area contributed by atoms with Gasteiger partial charge >= 0.3 is 0 Å². The van der Waals surface area contributed by atoms with Gasteiger partial charge in [-0.3, -0.25) is 14.4 Å². The van der Waals surface area contributed by atoms with Gasteiger partial charge in [0.2, 0.25) is 0 Å². The molecule has 2 fully saturated rings. The van der Waals surface area contributed by atoms with E-state index in [0.29, 0.717) is 30.1 Å². The van der Waals surface area contributed by atoms with Crippen LogP contribution in [-0.4, -0.2) is 42.2 Å². The quantitative estimate of drug-likeness (QED) is 0.370. The molecule has 2 aliphatic carbocycles. The zero-order valence-electron chi connectivity index (χ0n) is 17.3. The molecule has 3 amide bonds. The monoisotopic (exact) mass is 423 g/mol. The Morgan fingerprint density at radius 2 is 1.90 bits per heavy atom. The van der Waals surface area contributed by atoms with Crippen LogP contribution in [0.4, 0.5) is 0 Å². The second-order valence-corrected chi connectivity index (χ2v) is 7.92. The van der Waals surface area contributed by atoms with Gasteiger partial charge in [-0.2, -0.15) is 10.1 Å². The minimum atomic E-state index is -0.599. The topological polar surface area (TPSA) is 111 Å². The highest BCUT2D eigenvalue weighted by Crippen LogP contribution is 2.52. The standard InChI is InChI=1S/C23H25N3O5/c1-3-5-16-8-13(9-17(30-4-2)21(16)31-12-18(24)27)11-25-26-22(28)19-14-6-7-15(10-14)20(19)23(26)29/h3,6-9,11,14-15,19-20H,1,4-5,10,12H2,2H3,(H2,24,27). The first-order valence-electron chi connectivity index (χ1n) is 10.4. The van der Waals surface area contributed by atoms with Crippen molar-refractivity contribution in [1.82, 2.24) is 5.01 Å². The van der Waals surface area contributed by atoms with E-state index < -0.39 is 5.91 Å². The number of hydrogen-bond acceptors (Lipinski definition) is 6. The normalized spacial score (nSPS) is 26.0. The van der Waals surface area contributed by atoms with Crippen LogP contribution < -0.4 is 15.2 Å². The molecule has 4 atom stereocenters. The molecule has 162 valence electrons. The van der Waals surface area contributed by atoms with Crippen molar-refractivity contribution in [2.45, 2.75) is 19.8 Å². The first kappa shape index (κ1) is 20.8. The Labute approximate surface area is 180 Å². The fraction of sp³-hybridized carbons (Fsp3) is 0.391. The molecule has 2 bridgehead atoms. The second kappa shape index (κ2) is 8.37. The Kier molecular flexibility index (Phi) is 5.63. The molecule has 0 aromatic heterocycles. The Morgan fingerprint density at radius 3 is 2.48 bits per heavy atom. The fourth-order valence-corrected chi connectivity index (χ4v) is 4.76. The Balaban J connectivity index is 1.61. The van der Waals surface area contributed by atoms with E-state index in [2.05, 4.69) is 11.7 Å². The first-order chi connectivity index (χ1) is 14.9. The summed E-state index contributed by atoms with van der Waals surface area (Å²) in [6.07, 6.45) is 8.59. The van der Waals surface area contributed by atoms with Gasteiger partial charge in [-0.1, -0.05) is 18.2 Å². The number of ether oxygens (including phenoxy) is 2. The molecule has 8 heteroatoms. The predicted octanol–water partition coefficient (Wildman–Crippen LogP) is 1.82. The second-order valence-electron chi connectivity index (χ2n) is 7.92. The molecule has 31 heavy (non-hydrogen) atoms. The van der Waals surface area contributed by atoms with Crippen LogP contribution in [0, 0.1) is 23.7 Å². The summed E-state index contributed by atoms with van der Waals surface area (Å²) in [5.74, 6) is -0.557. The van der Waals surface area contributed by atoms with Gasteiger partial charge in [-0.25, -0.2) is 0 Å². The van der Waals surface area contributed by atoms with Crippen LogP contribution in [0.2, 0.25) is 0 Å². The van der Waals surface area contributed by atoms with Gasteiger partial charge in [0.25, 0.3) is 17.7 Å². The average molecular weight is 423 g/mol. The molecule has 1 aromatic carbocycles. The number of nitrogens with zero attached hydrogens (tertiary/aromatic N) is 2. The van der Waals surface area contributed by atoms with Crippen molar-refractivity contribution in [3.8, 4) is 11.5 Å². The number of carbonyl (C=O) groups is 3. The van der Waals surface area contributed by atoms with Crippen LogP contribution >= 0.6 is 0 Å². The van der Waals surface area contributed by atoms with E-state index in [4.69, 9.17) is 15.2 Å². The summed E-state index contributed by atoms with van der Waals surface area (Å²) in [6, 6.07) is 3.48. The van der Waals surface area contributed by atoms with Gasteiger partial charge in [0.15, 0.2) is 18.1 Å². The van der Waals surface area contributed by atoms with Crippen LogP contribution in [0.15, 0.2) is 42.0 Å². The fourth-order valence-electron chi connectivity index (χ4n) is 4.76. The molecular weight excluding hydrogens is 398 g/mol. The molecule has 4 rings (SSSR count). The maximum atomic E-state index is 12.8. The highest BCUT2D eigenvalue weighted by molar-refractivity contribution is 6.06. The number of primary amides is 1. The zero-order valence-corrected chi connectivity index (χ0v) is 17.3. The SMILES string of the molecule is C=CCc1cc(C=NN2C(=O)C3C4C=CC(C4)C3C2=O)cc(OCC)c1OCC(N)=O. The minimum Gasteiger partial charge on any atom is -0.490 e. The molecule has 1 aliphatic heterocycles. The van der Waals surface area contributed by atoms with Gasteiger partial charge in [0.1, 0.15) is 0 Å². The molecule has 1 aromatic rings. The molecule has 1 heterocycles. The van der Waals surface area contributed by atoms with Crippen LogP contribution in [0.3, 0.4) is 0 Å². The van der Waals surface area contributed by atoms with Crippen molar-refractivity contribution >= 4 is 23.9 Å². The van der Waals surface area contributed by atoms with E-state index in [0.717, 1.165) is 17.0 Å². The number of benzene rings is 1. The van der Waals surface area contributed by atoms with Gasteiger partial charge < -0.3 is 15.2 Å². The molecule has 0 spiro atoms. The lowest BCUT2D eigenvalue weighted by Gasteiger charge is -2.16. The largest absolute Gasteiger partial charge is 0.490 e. The third-order valence-corrected chi connectivity index (χ3v) is 5.95. The van der Waals surface area contributed by atoms with Crippen LogP contribution in [0.5, 0.6) is 11.5 Å². The van der Waals surface area contributed by atoms with Gasteiger partial charge in [-0.05, 0) is 49.3 Å². The van der Waals surface area contributed by atoms with Crippen LogP contribution in [0.1, 0.15) is 24.5 Å². The number of hydrazone groups is 1. The van der Waals surface area contributed by atoms with E-state index in [9.17, 15) is 14.4 Å². The lowest BCUT2D eigenvalue weighted by atomic mass is 9.85. The summed E-state index contributed by atoms with van der Waals surface area (Å²) >= 11 is 0. The van der Waals surface area contributed by atoms with Crippen molar-refractivity contribution in [2.75, 3.05) is 13.2 Å². The number of allylic oxidation sites excluding steroid dienone is 3. The van der Waals surface area contributed by atoms with Gasteiger partial charge in [-0.15, -0.1) is 6.58 Å².